The highest BCUT2D eigenvalue weighted by Crippen LogP contribution is 2.67. The largest absolute Gasteiger partial charge is 0.436 e. The zero-order chi connectivity index (χ0) is 27.7. The van der Waals surface area contributed by atoms with Crippen molar-refractivity contribution in [3.05, 3.63) is 0 Å². The molecule has 1 amide bonds. The normalized spacial score (nSPS) is 39.2. The molecule has 0 unspecified atom stereocenters. The molecule has 0 aromatic heterocycles. The topological polar surface area (TPSA) is 74.2 Å². The first-order valence-electron chi connectivity index (χ1n) is 15.6. The summed E-state index contributed by atoms with van der Waals surface area (Å²) in [7, 11) is 6.55. The highest BCUT2D eigenvalue weighted by Gasteiger charge is 2.60. The van der Waals surface area contributed by atoms with E-state index in [9.17, 15) is 9.90 Å². The summed E-state index contributed by atoms with van der Waals surface area (Å²) in [6.07, 6.45) is 10.4. The number of hydrogen-bond acceptors (Lipinski definition) is 5. The Hall–Kier alpha value is -1.18. The highest BCUT2D eigenvalue weighted by molar-refractivity contribution is 5.85. The number of hydrogen-bond donors (Lipinski definition) is 2. The summed E-state index contributed by atoms with van der Waals surface area (Å²) in [5.41, 5.74) is 1.66. The summed E-state index contributed by atoms with van der Waals surface area (Å²) in [5, 5.41) is 18.2. The van der Waals surface area contributed by atoms with Crippen molar-refractivity contribution in [3.63, 3.8) is 0 Å². The second-order valence-electron chi connectivity index (χ2n) is 14.7. The SMILES string of the molecule is CCN(CCNCC[N+](C)(C)C)C(=O)O/N=C(\C)[C@H]1CC[C@H]2[C@@H]3CC[C@H]4C[C@H](O)CC[C@]4(C)[C@H]3CC[C@]12C. The molecule has 8 atom stereocenters. The molecule has 4 fully saturated rings. The quantitative estimate of drug-likeness (QED) is 0.142. The second kappa shape index (κ2) is 11.7. The fourth-order valence-electron chi connectivity index (χ4n) is 9.29. The first kappa shape index (κ1) is 29.8. The minimum Gasteiger partial charge on any atom is -0.393 e. The van der Waals surface area contributed by atoms with Gasteiger partial charge in [0, 0.05) is 32.1 Å². The molecule has 7 heteroatoms. The number of nitrogens with one attached hydrogen (secondary N) is 1. The summed E-state index contributed by atoms with van der Waals surface area (Å²) in [6, 6.07) is 0. The van der Waals surface area contributed by atoms with Crippen LogP contribution in [0.15, 0.2) is 5.16 Å². The van der Waals surface area contributed by atoms with Gasteiger partial charge in [0.25, 0.3) is 0 Å². The lowest BCUT2D eigenvalue weighted by Gasteiger charge is -2.61. The Bertz CT molecular complexity index is 857. The Morgan fingerprint density at radius 3 is 2.45 bits per heavy atom. The van der Waals surface area contributed by atoms with Crippen LogP contribution < -0.4 is 5.32 Å². The molecule has 0 aliphatic heterocycles. The van der Waals surface area contributed by atoms with Crippen LogP contribution >= 0.6 is 0 Å². The van der Waals surface area contributed by atoms with E-state index in [4.69, 9.17) is 4.84 Å². The van der Waals surface area contributed by atoms with E-state index < -0.39 is 0 Å². The molecule has 218 valence electrons. The lowest BCUT2D eigenvalue weighted by atomic mass is 9.44. The van der Waals surface area contributed by atoms with Crippen LogP contribution in [0.1, 0.15) is 85.5 Å². The lowest BCUT2D eigenvalue weighted by Crippen LogP contribution is -2.54. The van der Waals surface area contributed by atoms with E-state index in [1.54, 1.807) is 4.90 Å². The van der Waals surface area contributed by atoms with Crippen LogP contribution in [0.25, 0.3) is 0 Å². The standard InChI is InChI=1S/C31H57N4O3/c1-8-34(19-17-32-18-20-35(5,6)7)29(37)38-33-22(2)26-11-12-27-25-10-9-23-21-24(36)13-15-30(23,3)28(25)14-16-31(26,27)4/h23-28,32,36H,8-21H2,1-7H3/q+1/b33-22+/t23-,24+,25-,26+,27-,28-,30-,31+/m0/s1. The van der Waals surface area contributed by atoms with E-state index in [0.717, 1.165) is 66.8 Å². The Kier molecular flexibility index (Phi) is 9.21. The number of rotatable bonds is 9. The first-order chi connectivity index (χ1) is 17.9. The Balaban J connectivity index is 1.33. The van der Waals surface area contributed by atoms with Gasteiger partial charge in [0.1, 0.15) is 0 Å². The summed E-state index contributed by atoms with van der Waals surface area (Å²) < 4.78 is 0.923. The molecule has 0 aromatic rings. The van der Waals surface area contributed by atoms with Crippen molar-refractivity contribution in [1.29, 1.82) is 0 Å². The number of aliphatic hydroxyl groups is 1. The minimum atomic E-state index is -0.339. The lowest BCUT2D eigenvalue weighted by molar-refractivity contribution is -0.869. The predicted octanol–water partition coefficient (Wildman–Crippen LogP) is 5.14. The summed E-state index contributed by atoms with van der Waals surface area (Å²) >= 11 is 0. The van der Waals surface area contributed by atoms with Crippen LogP contribution in [-0.4, -0.2) is 86.3 Å². The van der Waals surface area contributed by atoms with Gasteiger partial charge in [0.15, 0.2) is 0 Å². The molecule has 4 saturated carbocycles. The maximum atomic E-state index is 12.8. The molecule has 0 heterocycles. The highest BCUT2D eigenvalue weighted by atomic mass is 16.7. The van der Waals surface area contributed by atoms with Crippen molar-refractivity contribution < 1.29 is 19.2 Å². The zero-order valence-electron chi connectivity index (χ0n) is 25.5. The number of nitrogens with zero attached hydrogens (tertiary/aromatic N) is 3. The molecular weight excluding hydrogens is 476 g/mol. The molecule has 0 saturated heterocycles. The Morgan fingerprint density at radius 1 is 1.03 bits per heavy atom. The number of oxime groups is 1. The number of aliphatic hydroxyl groups excluding tert-OH is 1. The van der Waals surface area contributed by atoms with E-state index in [-0.39, 0.29) is 17.6 Å². The number of carbonyl (C=O) groups excluding carboxylic acids is 1. The molecule has 4 aliphatic carbocycles. The number of likely N-dealkylation sites (N-methyl/N-ethyl adjacent to an activating group) is 2. The smallest absolute Gasteiger partial charge is 0.393 e. The molecule has 0 bridgehead atoms. The third kappa shape index (κ3) is 6.10. The molecular formula is C31H57N4O3+. The van der Waals surface area contributed by atoms with Gasteiger partial charge in [0.2, 0.25) is 0 Å². The summed E-state index contributed by atoms with van der Waals surface area (Å²) in [4.78, 5) is 20.1. The first-order valence-corrected chi connectivity index (χ1v) is 15.6. The molecule has 2 N–H and O–H groups in total. The average Bonchev–Trinajstić information content (AvgIpc) is 3.21. The monoisotopic (exact) mass is 533 g/mol. The van der Waals surface area contributed by atoms with Crippen molar-refractivity contribution >= 4 is 11.8 Å². The van der Waals surface area contributed by atoms with E-state index in [1.807, 2.05) is 6.92 Å². The average molecular weight is 534 g/mol. The maximum Gasteiger partial charge on any atom is 0.436 e. The van der Waals surface area contributed by atoms with E-state index in [1.165, 1.54) is 38.5 Å². The van der Waals surface area contributed by atoms with Gasteiger partial charge < -0.3 is 19.8 Å². The predicted molar refractivity (Wildman–Crippen MR) is 154 cm³/mol. The van der Waals surface area contributed by atoms with Crippen LogP contribution in [0, 0.1) is 40.4 Å². The fraction of sp³-hybridized carbons (Fsp3) is 0.935. The van der Waals surface area contributed by atoms with E-state index in [0.29, 0.717) is 30.3 Å². The molecule has 7 nitrogen and oxygen atoms in total. The van der Waals surface area contributed by atoms with Crippen molar-refractivity contribution in [3.8, 4) is 0 Å². The Morgan fingerprint density at radius 2 is 1.74 bits per heavy atom. The number of fused-ring (bicyclic) bond motifs is 5. The third-order valence-corrected chi connectivity index (χ3v) is 11.6. The van der Waals surface area contributed by atoms with Gasteiger partial charge in [-0.05, 0) is 106 Å². The van der Waals surface area contributed by atoms with Crippen LogP contribution in [0.5, 0.6) is 0 Å². The van der Waals surface area contributed by atoms with E-state index >= 15 is 0 Å². The molecule has 0 radical (unpaired) electrons. The van der Waals surface area contributed by atoms with Crippen molar-refractivity contribution in [2.75, 3.05) is 53.9 Å². The van der Waals surface area contributed by atoms with Crippen LogP contribution in [0.3, 0.4) is 0 Å². The zero-order valence-corrected chi connectivity index (χ0v) is 25.5. The summed E-state index contributed by atoms with van der Waals surface area (Å²) in [6.45, 7) is 13.1. The third-order valence-electron chi connectivity index (χ3n) is 11.6. The molecule has 4 aliphatic rings. The van der Waals surface area contributed by atoms with Gasteiger partial charge in [0.05, 0.1) is 39.5 Å². The number of carbonyl (C=O) groups is 1. The second-order valence-corrected chi connectivity index (χ2v) is 14.7. The van der Waals surface area contributed by atoms with Gasteiger partial charge >= 0.3 is 6.09 Å². The van der Waals surface area contributed by atoms with Crippen LogP contribution in [0.2, 0.25) is 0 Å². The molecule has 38 heavy (non-hydrogen) atoms. The van der Waals surface area contributed by atoms with Crippen molar-refractivity contribution in [2.45, 2.75) is 91.6 Å². The van der Waals surface area contributed by atoms with Gasteiger partial charge in [-0.2, -0.15) is 0 Å². The van der Waals surface area contributed by atoms with Gasteiger partial charge in [-0.1, -0.05) is 19.0 Å². The van der Waals surface area contributed by atoms with Gasteiger partial charge in [-0.25, -0.2) is 4.79 Å². The molecule has 4 rings (SSSR count). The summed E-state index contributed by atoms with van der Waals surface area (Å²) in [5.74, 6) is 3.43. The van der Waals surface area contributed by atoms with Crippen LogP contribution in [0.4, 0.5) is 4.79 Å². The fourth-order valence-corrected chi connectivity index (χ4v) is 9.29. The van der Waals surface area contributed by atoms with E-state index in [2.05, 4.69) is 52.4 Å². The van der Waals surface area contributed by atoms with Crippen LogP contribution in [-0.2, 0) is 4.84 Å². The van der Waals surface area contributed by atoms with Crippen molar-refractivity contribution in [2.24, 2.45) is 45.6 Å². The van der Waals surface area contributed by atoms with Gasteiger partial charge in [-0.15, -0.1) is 0 Å². The van der Waals surface area contributed by atoms with Crippen molar-refractivity contribution in [1.82, 2.24) is 10.2 Å². The maximum absolute atomic E-state index is 12.8. The number of quaternary nitrogens is 1. The molecule has 0 spiro atoms. The number of amides is 1. The minimum absolute atomic E-state index is 0.0800. The van der Waals surface area contributed by atoms with Gasteiger partial charge in [-0.3, -0.25) is 4.84 Å². The molecule has 0 aromatic carbocycles. The Labute approximate surface area is 232 Å².